The minimum atomic E-state index is -0.721. The lowest BCUT2D eigenvalue weighted by molar-refractivity contribution is 0.0230. The molecule has 0 spiro atoms. The lowest BCUT2D eigenvalue weighted by Crippen LogP contribution is -2.59. The third kappa shape index (κ3) is 3.90. The molecule has 172 valence electrons. The van der Waals surface area contributed by atoms with Gasteiger partial charge in [0.25, 0.3) is 5.88 Å². The SMILES string of the molecule is Cn1ncc(Cl)c1-c1ncc(F)c(OC2CN(C(=O)N3N=CC[C@H]3c3cncc(C#N)c3)C2)n1. The van der Waals surface area contributed by atoms with Crippen molar-refractivity contribution in [1.29, 1.82) is 5.26 Å². The van der Waals surface area contributed by atoms with Crippen molar-refractivity contribution in [1.82, 2.24) is 34.6 Å². The molecule has 5 rings (SSSR count). The highest BCUT2D eigenvalue weighted by Crippen LogP contribution is 2.31. The summed E-state index contributed by atoms with van der Waals surface area (Å²) in [6.07, 6.45) is 7.25. The number of hydrogen-bond donors (Lipinski definition) is 0. The highest BCUT2D eigenvalue weighted by Gasteiger charge is 2.39. The van der Waals surface area contributed by atoms with Gasteiger partial charge in [-0.25, -0.2) is 14.8 Å². The number of amides is 2. The van der Waals surface area contributed by atoms with Crippen LogP contribution in [0.5, 0.6) is 5.88 Å². The summed E-state index contributed by atoms with van der Waals surface area (Å²) in [6, 6.07) is 3.08. The summed E-state index contributed by atoms with van der Waals surface area (Å²) < 4.78 is 21.5. The lowest BCUT2D eigenvalue weighted by Gasteiger charge is -2.40. The summed E-state index contributed by atoms with van der Waals surface area (Å²) in [6.45, 7) is 0.471. The van der Waals surface area contributed by atoms with Crippen LogP contribution in [0.2, 0.25) is 5.02 Å². The van der Waals surface area contributed by atoms with Gasteiger partial charge in [-0.1, -0.05) is 11.6 Å². The fraction of sp³-hybridized carbons (Fsp3) is 0.286. The van der Waals surface area contributed by atoms with Gasteiger partial charge in [-0.2, -0.15) is 24.8 Å². The van der Waals surface area contributed by atoms with Crippen molar-refractivity contribution in [2.24, 2.45) is 12.1 Å². The first-order valence-corrected chi connectivity index (χ1v) is 10.6. The zero-order valence-corrected chi connectivity index (χ0v) is 18.6. The Hall–Kier alpha value is -4.11. The van der Waals surface area contributed by atoms with Crippen LogP contribution >= 0.6 is 11.6 Å². The Bertz CT molecular complexity index is 1310. The number of nitriles is 1. The van der Waals surface area contributed by atoms with Crippen molar-refractivity contribution >= 4 is 23.8 Å². The van der Waals surface area contributed by atoms with Gasteiger partial charge >= 0.3 is 6.03 Å². The fourth-order valence-corrected chi connectivity index (χ4v) is 4.01. The van der Waals surface area contributed by atoms with Crippen molar-refractivity contribution in [3.05, 3.63) is 52.8 Å². The molecule has 3 aromatic heterocycles. The molecule has 1 atom stereocenters. The number of carbonyl (C=O) groups excluding carboxylic acids is 1. The van der Waals surface area contributed by atoms with Crippen LogP contribution in [0.15, 0.2) is 36.0 Å². The highest BCUT2D eigenvalue weighted by atomic mass is 35.5. The zero-order valence-electron chi connectivity index (χ0n) is 17.8. The van der Waals surface area contributed by atoms with E-state index >= 15 is 0 Å². The molecule has 2 aliphatic rings. The first-order valence-electron chi connectivity index (χ1n) is 10.3. The summed E-state index contributed by atoms with van der Waals surface area (Å²) in [5.41, 5.74) is 1.57. The summed E-state index contributed by atoms with van der Waals surface area (Å²) in [5, 5.41) is 19.0. The molecule has 2 aliphatic heterocycles. The van der Waals surface area contributed by atoms with Crippen molar-refractivity contribution in [2.45, 2.75) is 18.6 Å². The smallest absolute Gasteiger partial charge is 0.341 e. The molecular weight excluding hydrogens is 465 g/mol. The van der Waals surface area contributed by atoms with Gasteiger partial charge in [0.15, 0.2) is 5.82 Å². The van der Waals surface area contributed by atoms with Gasteiger partial charge in [-0.05, 0) is 11.6 Å². The van der Waals surface area contributed by atoms with Gasteiger partial charge in [-0.3, -0.25) is 9.67 Å². The lowest BCUT2D eigenvalue weighted by atomic mass is 10.1. The maximum absolute atomic E-state index is 14.3. The van der Waals surface area contributed by atoms with E-state index < -0.39 is 11.9 Å². The van der Waals surface area contributed by atoms with Crippen LogP contribution in [-0.2, 0) is 7.05 Å². The van der Waals surface area contributed by atoms with E-state index in [2.05, 4.69) is 25.2 Å². The monoisotopic (exact) mass is 481 g/mol. The Morgan fingerprint density at radius 3 is 2.85 bits per heavy atom. The number of rotatable bonds is 4. The molecule has 11 nitrogen and oxygen atoms in total. The van der Waals surface area contributed by atoms with E-state index in [4.69, 9.17) is 21.6 Å². The molecule has 0 N–H and O–H groups in total. The van der Waals surface area contributed by atoms with Gasteiger partial charge in [0.2, 0.25) is 5.82 Å². The standard InChI is InChI=1S/C21H17ClFN9O2/c1-30-18(15(22)8-28-30)19-26-9-16(23)20(29-19)34-14-10-31(11-14)21(33)32-17(2-3-27-32)13-4-12(5-24)6-25-7-13/h3-4,6-9,14,17H,2,10-11H2,1H3/t17-/m0/s1. The number of halogens is 2. The molecule has 5 heterocycles. The second kappa shape index (κ2) is 8.68. The van der Waals surface area contributed by atoms with Crippen LogP contribution in [0.1, 0.15) is 23.6 Å². The van der Waals surface area contributed by atoms with Crippen LogP contribution in [0.3, 0.4) is 0 Å². The number of carbonyl (C=O) groups is 1. The van der Waals surface area contributed by atoms with E-state index in [-0.39, 0.29) is 36.9 Å². The molecular formula is C21H17ClFN9O2. The molecule has 34 heavy (non-hydrogen) atoms. The maximum atomic E-state index is 14.3. The third-order valence-corrected chi connectivity index (χ3v) is 5.79. The molecule has 2 amide bonds. The Balaban J connectivity index is 1.25. The van der Waals surface area contributed by atoms with Crippen molar-refractivity contribution in [3.8, 4) is 23.5 Å². The van der Waals surface area contributed by atoms with Gasteiger partial charge in [0.1, 0.15) is 17.9 Å². The number of hydrazone groups is 1. The number of nitrogens with zero attached hydrogens (tertiary/aromatic N) is 9. The Morgan fingerprint density at radius 2 is 2.12 bits per heavy atom. The maximum Gasteiger partial charge on any atom is 0.341 e. The van der Waals surface area contributed by atoms with E-state index in [0.29, 0.717) is 22.7 Å². The predicted octanol–water partition coefficient (Wildman–Crippen LogP) is 2.55. The van der Waals surface area contributed by atoms with Crippen LogP contribution in [0.4, 0.5) is 9.18 Å². The Morgan fingerprint density at radius 1 is 1.29 bits per heavy atom. The molecule has 1 saturated heterocycles. The second-order valence-electron chi connectivity index (χ2n) is 7.75. The van der Waals surface area contributed by atoms with Crippen molar-refractivity contribution in [3.63, 3.8) is 0 Å². The van der Waals surface area contributed by atoms with Crippen LogP contribution < -0.4 is 4.74 Å². The van der Waals surface area contributed by atoms with Crippen molar-refractivity contribution < 1.29 is 13.9 Å². The van der Waals surface area contributed by atoms with Crippen molar-refractivity contribution in [2.75, 3.05) is 13.1 Å². The summed E-state index contributed by atoms with van der Waals surface area (Å²) in [7, 11) is 1.67. The van der Waals surface area contributed by atoms with E-state index in [1.54, 1.807) is 30.4 Å². The molecule has 0 aromatic carbocycles. The van der Waals surface area contributed by atoms with Crippen LogP contribution in [-0.4, -0.2) is 66.1 Å². The van der Waals surface area contributed by atoms with Crippen LogP contribution in [0.25, 0.3) is 11.5 Å². The Kier molecular flexibility index (Phi) is 5.54. The van der Waals surface area contributed by atoms with Crippen LogP contribution in [0, 0.1) is 17.1 Å². The Labute approximate surface area is 198 Å². The number of ether oxygens (including phenoxy) is 1. The first kappa shape index (κ1) is 21.7. The molecule has 0 saturated carbocycles. The topological polar surface area (TPSA) is 125 Å². The molecule has 0 unspecified atom stereocenters. The second-order valence-corrected chi connectivity index (χ2v) is 8.16. The quantitative estimate of drug-likeness (QED) is 0.560. The first-order chi connectivity index (χ1) is 16.4. The molecule has 0 radical (unpaired) electrons. The molecule has 0 bridgehead atoms. The minimum Gasteiger partial charge on any atom is -0.468 e. The summed E-state index contributed by atoms with van der Waals surface area (Å²) in [5.74, 6) is -0.771. The summed E-state index contributed by atoms with van der Waals surface area (Å²) in [4.78, 5) is 26.7. The van der Waals surface area contributed by atoms with Gasteiger partial charge in [-0.15, -0.1) is 0 Å². The average Bonchev–Trinajstić information content (AvgIpc) is 3.43. The fourth-order valence-electron chi connectivity index (χ4n) is 3.76. The van der Waals surface area contributed by atoms with E-state index in [9.17, 15) is 9.18 Å². The summed E-state index contributed by atoms with van der Waals surface area (Å²) >= 11 is 6.13. The molecule has 1 fully saturated rings. The van der Waals surface area contributed by atoms with E-state index in [1.165, 1.54) is 22.1 Å². The minimum absolute atomic E-state index is 0.177. The zero-order chi connectivity index (χ0) is 23.8. The number of pyridine rings is 1. The largest absolute Gasteiger partial charge is 0.468 e. The molecule has 0 aliphatic carbocycles. The van der Waals surface area contributed by atoms with Gasteiger partial charge in [0.05, 0.1) is 42.1 Å². The normalized spacial score (nSPS) is 17.5. The number of hydrogen-bond acceptors (Lipinski definition) is 8. The number of urea groups is 1. The van der Waals surface area contributed by atoms with E-state index in [0.717, 1.165) is 11.8 Å². The number of aromatic nitrogens is 5. The molecule has 3 aromatic rings. The number of likely N-dealkylation sites (tertiary alicyclic amines) is 1. The number of aryl methyl sites for hydroxylation is 1. The predicted molar refractivity (Wildman–Crippen MR) is 117 cm³/mol. The van der Waals surface area contributed by atoms with Gasteiger partial charge < -0.3 is 9.64 Å². The highest BCUT2D eigenvalue weighted by molar-refractivity contribution is 6.32. The van der Waals surface area contributed by atoms with Gasteiger partial charge in [0, 0.05) is 32.1 Å². The third-order valence-electron chi connectivity index (χ3n) is 5.51. The molecule has 13 heteroatoms. The van der Waals surface area contributed by atoms with E-state index in [1.807, 2.05) is 6.07 Å². The average molecular weight is 482 g/mol.